The van der Waals surface area contributed by atoms with Crippen LogP contribution in [0.1, 0.15) is 26.5 Å². The molecule has 1 aromatic heterocycles. The van der Waals surface area contributed by atoms with E-state index >= 15 is 0 Å². The standard InChI is InChI=1S/C17H18N2O2S2/c20-17(15-7-11-8-18-9-16(11)23-15)19-6-5-12-10-22-14-4-2-1-3-13(14)21-12/h1-4,7,12,18H,5-6,8-10H2,(H,19,20). The molecule has 3 heterocycles. The van der Waals surface area contributed by atoms with Crippen molar-refractivity contribution in [1.29, 1.82) is 0 Å². The summed E-state index contributed by atoms with van der Waals surface area (Å²) >= 11 is 3.42. The predicted molar refractivity (Wildman–Crippen MR) is 93.4 cm³/mol. The molecule has 0 fully saturated rings. The number of carbonyl (C=O) groups excluding carboxylic acids is 1. The summed E-state index contributed by atoms with van der Waals surface area (Å²) in [6, 6.07) is 10.1. The zero-order chi connectivity index (χ0) is 15.6. The molecule has 23 heavy (non-hydrogen) atoms. The van der Waals surface area contributed by atoms with Gasteiger partial charge < -0.3 is 15.4 Å². The summed E-state index contributed by atoms with van der Waals surface area (Å²) < 4.78 is 5.99. The van der Waals surface area contributed by atoms with E-state index in [4.69, 9.17) is 4.74 Å². The number of ether oxygens (including phenoxy) is 1. The zero-order valence-electron chi connectivity index (χ0n) is 12.6. The summed E-state index contributed by atoms with van der Waals surface area (Å²) in [6.45, 7) is 2.42. The van der Waals surface area contributed by atoms with Crippen LogP contribution in [0.4, 0.5) is 0 Å². The predicted octanol–water partition coefficient (Wildman–Crippen LogP) is 3.02. The van der Waals surface area contributed by atoms with Crippen LogP contribution in [0.15, 0.2) is 35.2 Å². The number of thioether (sulfide) groups is 1. The second-order valence-electron chi connectivity index (χ2n) is 5.70. The average Bonchev–Trinajstić information content (AvgIpc) is 3.16. The number of benzene rings is 1. The van der Waals surface area contributed by atoms with Crippen molar-refractivity contribution in [1.82, 2.24) is 10.6 Å². The Morgan fingerprint density at radius 2 is 2.26 bits per heavy atom. The van der Waals surface area contributed by atoms with Crippen LogP contribution >= 0.6 is 23.1 Å². The molecular formula is C17H18N2O2S2. The number of hydrogen-bond donors (Lipinski definition) is 2. The topological polar surface area (TPSA) is 50.4 Å². The highest BCUT2D eigenvalue weighted by atomic mass is 32.2. The van der Waals surface area contributed by atoms with E-state index in [1.165, 1.54) is 15.3 Å². The summed E-state index contributed by atoms with van der Waals surface area (Å²) in [5, 5.41) is 6.31. The minimum absolute atomic E-state index is 0.0354. The van der Waals surface area contributed by atoms with Crippen LogP contribution in [0.3, 0.4) is 0 Å². The molecule has 0 radical (unpaired) electrons. The zero-order valence-corrected chi connectivity index (χ0v) is 14.3. The van der Waals surface area contributed by atoms with Crippen LogP contribution in [-0.4, -0.2) is 24.3 Å². The Morgan fingerprint density at radius 3 is 3.17 bits per heavy atom. The first-order valence-electron chi connectivity index (χ1n) is 7.78. The van der Waals surface area contributed by atoms with Gasteiger partial charge in [-0.05, 0) is 23.8 Å². The SMILES string of the molecule is O=C(NCCC1CSc2ccccc2O1)c1cc2c(s1)CNC2. The number of nitrogens with one attached hydrogen (secondary N) is 2. The van der Waals surface area contributed by atoms with Gasteiger partial charge in [0.15, 0.2) is 0 Å². The lowest BCUT2D eigenvalue weighted by Crippen LogP contribution is -2.31. The number of hydrogen-bond acceptors (Lipinski definition) is 5. The molecule has 6 heteroatoms. The number of carbonyl (C=O) groups is 1. The Labute approximate surface area is 143 Å². The summed E-state index contributed by atoms with van der Waals surface area (Å²) in [5.41, 5.74) is 1.27. The van der Waals surface area contributed by atoms with E-state index in [-0.39, 0.29) is 12.0 Å². The molecule has 0 saturated carbocycles. The van der Waals surface area contributed by atoms with Crippen molar-refractivity contribution in [2.75, 3.05) is 12.3 Å². The van der Waals surface area contributed by atoms with E-state index < -0.39 is 0 Å². The van der Waals surface area contributed by atoms with Gasteiger partial charge in [0.2, 0.25) is 0 Å². The van der Waals surface area contributed by atoms with Crippen molar-refractivity contribution in [3.8, 4) is 5.75 Å². The quantitative estimate of drug-likeness (QED) is 0.893. The Morgan fingerprint density at radius 1 is 1.35 bits per heavy atom. The minimum Gasteiger partial charge on any atom is -0.488 e. The Kier molecular flexibility index (Phi) is 4.29. The van der Waals surface area contributed by atoms with Gasteiger partial charge in [-0.25, -0.2) is 0 Å². The fourth-order valence-electron chi connectivity index (χ4n) is 2.83. The van der Waals surface area contributed by atoms with Gasteiger partial charge in [-0.15, -0.1) is 23.1 Å². The van der Waals surface area contributed by atoms with Crippen LogP contribution in [0.5, 0.6) is 5.75 Å². The third kappa shape index (κ3) is 3.24. The van der Waals surface area contributed by atoms with Gasteiger partial charge in [-0.3, -0.25) is 4.79 Å². The van der Waals surface area contributed by atoms with Crippen LogP contribution in [0.25, 0.3) is 0 Å². The van der Waals surface area contributed by atoms with Crippen molar-refractivity contribution in [2.24, 2.45) is 0 Å². The maximum atomic E-state index is 12.2. The molecule has 2 aliphatic rings. The third-order valence-corrected chi connectivity index (χ3v) is 6.40. The van der Waals surface area contributed by atoms with E-state index in [1.807, 2.05) is 36.0 Å². The molecule has 120 valence electrons. The van der Waals surface area contributed by atoms with Crippen molar-refractivity contribution in [2.45, 2.75) is 30.5 Å². The van der Waals surface area contributed by atoms with Gasteiger partial charge in [-0.1, -0.05) is 12.1 Å². The van der Waals surface area contributed by atoms with Gasteiger partial charge in [0, 0.05) is 41.6 Å². The minimum atomic E-state index is 0.0354. The highest BCUT2D eigenvalue weighted by molar-refractivity contribution is 7.99. The summed E-state index contributed by atoms with van der Waals surface area (Å²) in [6.07, 6.45) is 0.993. The normalized spacial score (nSPS) is 18.9. The molecule has 0 bridgehead atoms. The first kappa shape index (κ1) is 15.1. The number of rotatable bonds is 4. The summed E-state index contributed by atoms with van der Waals surface area (Å²) in [4.78, 5) is 15.5. The largest absolute Gasteiger partial charge is 0.488 e. The lowest BCUT2D eigenvalue weighted by atomic mass is 10.2. The van der Waals surface area contributed by atoms with Crippen molar-refractivity contribution in [3.63, 3.8) is 0 Å². The highest BCUT2D eigenvalue weighted by Gasteiger charge is 2.21. The number of para-hydroxylation sites is 1. The average molecular weight is 346 g/mol. The van der Waals surface area contributed by atoms with E-state index in [2.05, 4.69) is 16.7 Å². The first-order valence-corrected chi connectivity index (χ1v) is 9.59. The third-order valence-electron chi connectivity index (χ3n) is 4.04. The fourth-order valence-corrected chi connectivity index (χ4v) is 4.93. The summed E-state index contributed by atoms with van der Waals surface area (Å²) in [5.74, 6) is 1.93. The molecule has 1 amide bonds. The highest BCUT2D eigenvalue weighted by Crippen LogP contribution is 2.35. The maximum absolute atomic E-state index is 12.2. The molecule has 0 spiro atoms. The lowest BCUT2D eigenvalue weighted by Gasteiger charge is -2.25. The van der Waals surface area contributed by atoms with Crippen LogP contribution < -0.4 is 15.4 Å². The Hall–Kier alpha value is -1.50. The van der Waals surface area contributed by atoms with E-state index in [0.717, 1.165) is 35.9 Å². The molecular weight excluding hydrogens is 328 g/mol. The van der Waals surface area contributed by atoms with Crippen molar-refractivity contribution < 1.29 is 9.53 Å². The molecule has 2 N–H and O–H groups in total. The molecule has 4 nitrogen and oxygen atoms in total. The van der Waals surface area contributed by atoms with Gasteiger partial charge in [0.1, 0.15) is 11.9 Å². The van der Waals surface area contributed by atoms with Crippen molar-refractivity contribution in [3.05, 3.63) is 45.6 Å². The van der Waals surface area contributed by atoms with Crippen LogP contribution in [0, 0.1) is 0 Å². The fraction of sp³-hybridized carbons (Fsp3) is 0.353. The molecule has 2 aromatic rings. The molecule has 4 rings (SSSR count). The summed E-state index contributed by atoms with van der Waals surface area (Å²) in [7, 11) is 0. The second kappa shape index (κ2) is 6.55. The van der Waals surface area contributed by atoms with E-state index in [0.29, 0.717) is 6.54 Å². The molecule has 2 aliphatic heterocycles. The monoisotopic (exact) mass is 346 g/mol. The molecule has 0 aliphatic carbocycles. The van der Waals surface area contributed by atoms with E-state index in [9.17, 15) is 4.79 Å². The molecule has 1 unspecified atom stereocenters. The molecule has 0 saturated heterocycles. The number of fused-ring (bicyclic) bond motifs is 2. The van der Waals surface area contributed by atoms with Gasteiger partial charge in [-0.2, -0.15) is 0 Å². The smallest absolute Gasteiger partial charge is 0.261 e. The molecule has 1 atom stereocenters. The second-order valence-corrected chi connectivity index (χ2v) is 7.90. The van der Waals surface area contributed by atoms with Crippen molar-refractivity contribution >= 4 is 29.0 Å². The number of amides is 1. The first-order chi connectivity index (χ1) is 11.3. The maximum Gasteiger partial charge on any atom is 0.261 e. The van der Waals surface area contributed by atoms with Gasteiger partial charge in [0.05, 0.1) is 4.88 Å². The van der Waals surface area contributed by atoms with Crippen LogP contribution in [-0.2, 0) is 13.1 Å². The Bertz CT molecular complexity index is 708. The van der Waals surface area contributed by atoms with E-state index in [1.54, 1.807) is 11.3 Å². The number of thiophene rings is 1. The van der Waals surface area contributed by atoms with Gasteiger partial charge in [0.25, 0.3) is 5.91 Å². The lowest BCUT2D eigenvalue weighted by molar-refractivity contribution is 0.0951. The van der Waals surface area contributed by atoms with Crippen LogP contribution in [0.2, 0.25) is 0 Å². The van der Waals surface area contributed by atoms with Gasteiger partial charge >= 0.3 is 0 Å². The molecule has 1 aromatic carbocycles. The Balaban J connectivity index is 1.28.